The van der Waals surface area contributed by atoms with Crippen LogP contribution in [0.5, 0.6) is 0 Å². The van der Waals surface area contributed by atoms with E-state index in [1.54, 1.807) is 53.4 Å². The van der Waals surface area contributed by atoms with Crippen molar-refractivity contribution in [2.75, 3.05) is 13.1 Å². The van der Waals surface area contributed by atoms with Gasteiger partial charge in [0, 0.05) is 18.7 Å². The van der Waals surface area contributed by atoms with Crippen LogP contribution in [0, 0.1) is 0 Å². The molecule has 4 rings (SSSR count). The topological polar surface area (TPSA) is 98.1 Å². The maximum atomic E-state index is 12.9. The Balaban J connectivity index is 1.46. The van der Waals surface area contributed by atoms with Gasteiger partial charge < -0.3 is 4.90 Å². The standard InChI is InChI=1S/C19H19N5O3S/c25-19(15-5-4-6-16(13-15)24-14-20-21-22-24)23-11-9-18(10-12-23)28(26,27)17-7-2-1-3-8-17/h1-8,13-14,18H,9-12H2. The van der Waals surface area contributed by atoms with Crippen LogP contribution in [0.15, 0.2) is 65.8 Å². The summed E-state index contributed by atoms with van der Waals surface area (Å²) in [6.45, 7) is 0.815. The number of benzene rings is 2. The number of likely N-dealkylation sites (tertiary alicyclic amines) is 1. The minimum absolute atomic E-state index is 0.120. The number of hydrogen-bond donors (Lipinski definition) is 0. The first kappa shape index (κ1) is 18.3. The number of aromatic nitrogens is 4. The molecule has 0 spiro atoms. The Morgan fingerprint density at radius 1 is 1.00 bits per heavy atom. The van der Waals surface area contributed by atoms with Crippen molar-refractivity contribution in [2.45, 2.75) is 23.0 Å². The third-order valence-corrected chi connectivity index (χ3v) is 7.22. The van der Waals surface area contributed by atoms with Crippen LogP contribution >= 0.6 is 0 Å². The zero-order chi connectivity index (χ0) is 19.6. The average Bonchev–Trinajstić information content (AvgIpc) is 3.29. The Labute approximate surface area is 162 Å². The third-order valence-electron chi connectivity index (χ3n) is 4.95. The predicted molar refractivity (Wildman–Crippen MR) is 102 cm³/mol. The van der Waals surface area contributed by atoms with Crippen molar-refractivity contribution in [2.24, 2.45) is 0 Å². The Morgan fingerprint density at radius 3 is 2.43 bits per heavy atom. The number of rotatable bonds is 4. The molecule has 1 saturated heterocycles. The molecule has 0 saturated carbocycles. The first-order valence-electron chi connectivity index (χ1n) is 8.97. The molecule has 28 heavy (non-hydrogen) atoms. The number of piperidine rings is 1. The molecule has 3 aromatic rings. The second-order valence-electron chi connectivity index (χ2n) is 6.65. The highest BCUT2D eigenvalue weighted by Crippen LogP contribution is 2.25. The summed E-state index contributed by atoms with van der Waals surface area (Å²) in [5, 5.41) is 10.6. The second-order valence-corrected chi connectivity index (χ2v) is 8.88. The number of carbonyl (C=O) groups excluding carboxylic acids is 1. The van der Waals surface area contributed by atoms with Gasteiger partial charge in [0.2, 0.25) is 0 Å². The Kier molecular flexibility index (Phi) is 4.91. The third kappa shape index (κ3) is 3.53. The largest absolute Gasteiger partial charge is 0.339 e. The van der Waals surface area contributed by atoms with Crippen molar-refractivity contribution >= 4 is 15.7 Å². The maximum absolute atomic E-state index is 12.9. The molecule has 0 radical (unpaired) electrons. The van der Waals surface area contributed by atoms with Crippen LogP contribution in [0.2, 0.25) is 0 Å². The summed E-state index contributed by atoms with van der Waals surface area (Å²) < 4.78 is 27.1. The molecule has 1 amide bonds. The summed E-state index contributed by atoms with van der Waals surface area (Å²) in [5.74, 6) is -0.120. The number of hydrogen-bond acceptors (Lipinski definition) is 6. The van der Waals surface area contributed by atoms with E-state index in [2.05, 4.69) is 15.5 Å². The summed E-state index contributed by atoms with van der Waals surface area (Å²) >= 11 is 0. The molecule has 0 unspecified atom stereocenters. The van der Waals surface area contributed by atoms with Gasteiger partial charge in [-0.05, 0) is 53.6 Å². The minimum Gasteiger partial charge on any atom is -0.339 e. The molecule has 144 valence electrons. The Morgan fingerprint density at radius 2 is 1.75 bits per heavy atom. The van der Waals surface area contributed by atoms with Crippen molar-refractivity contribution in [1.82, 2.24) is 25.1 Å². The summed E-state index contributed by atoms with van der Waals surface area (Å²) in [5.41, 5.74) is 1.22. The van der Waals surface area contributed by atoms with E-state index in [1.807, 2.05) is 6.07 Å². The number of carbonyl (C=O) groups is 1. The first-order valence-corrected chi connectivity index (χ1v) is 10.5. The monoisotopic (exact) mass is 397 g/mol. The molecular weight excluding hydrogens is 378 g/mol. The summed E-state index contributed by atoms with van der Waals surface area (Å²) in [4.78, 5) is 14.9. The van der Waals surface area contributed by atoms with Crippen LogP contribution in [-0.4, -0.2) is 57.8 Å². The molecule has 9 heteroatoms. The summed E-state index contributed by atoms with van der Waals surface area (Å²) in [7, 11) is -3.38. The fourth-order valence-corrected chi connectivity index (χ4v) is 5.17. The Bertz CT molecular complexity index is 1060. The van der Waals surface area contributed by atoms with E-state index < -0.39 is 15.1 Å². The number of amides is 1. The van der Waals surface area contributed by atoms with Crippen molar-refractivity contribution in [3.05, 3.63) is 66.5 Å². The highest BCUT2D eigenvalue weighted by Gasteiger charge is 2.32. The predicted octanol–water partition coefficient (Wildman–Crippen LogP) is 1.74. The first-order chi connectivity index (χ1) is 13.6. The van der Waals surface area contributed by atoms with Crippen molar-refractivity contribution in [1.29, 1.82) is 0 Å². The van der Waals surface area contributed by atoms with Gasteiger partial charge in [-0.15, -0.1) is 5.10 Å². The lowest BCUT2D eigenvalue weighted by Gasteiger charge is -2.32. The molecule has 1 aliphatic heterocycles. The molecule has 0 atom stereocenters. The van der Waals surface area contributed by atoms with Gasteiger partial charge in [0.15, 0.2) is 9.84 Å². The normalized spacial score (nSPS) is 15.5. The average molecular weight is 397 g/mol. The van der Waals surface area contributed by atoms with Crippen LogP contribution in [0.1, 0.15) is 23.2 Å². The van der Waals surface area contributed by atoms with E-state index in [1.165, 1.54) is 11.0 Å². The summed E-state index contributed by atoms with van der Waals surface area (Å²) in [6, 6.07) is 15.5. The van der Waals surface area contributed by atoms with Gasteiger partial charge in [0.1, 0.15) is 6.33 Å². The van der Waals surface area contributed by atoms with Crippen LogP contribution in [0.4, 0.5) is 0 Å². The fourth-order valence-electron chi connectivity index (χ4n) is 3.42. The van der Waals surface area contributed by atoms with Gasteiger partial charge in [0.05, 0.1) is 15.8 Å². The smallest absolute Gasteiger partial charge is 0.253 e. The highest BCUT2D eigenvalue weighted by molar-refractivity contribution is 7.92. The van der Waals surface area contributed by atoms with Crippen molar-refractivity contribution < 1.29 is 13.2 Å². The molecule has 0 N–H and O–H groups in total. The van der Waals surface area contributed by atoms with E-state index in [-0.39, 0.29) is 5.91 Å². The molecule has 2 heterocycles. The van der Waals surface area contributed by atoms with E-state index in [0.29, 0.717) is 42.1 Å². The quantitative estimate of drug-likeness (QED) is 0.665. The number of nitrogens with zero attached hydrogens (tertiary/aromatic N) is 5. The molecule has 2 aromatic carbocycles. The molecule has 0 bridgehead atoms. The van der Waals surface area contributed by atoms with Crippen LogP contribution in [-0.2, 0) is 9.84 Å². The molecular formula is C19H19N5O3S. The minimum atomic E-state index is -3.38. The van der Waals surface area contributed by atoms with Crippen molar-refractivity contribution in [3.8, 4) is 5.69 Å². The summed E-state index contributed by atoms with van der Waals surface area (Å²) in [6.07, 6.45) is 2.31. The van der Waals surface area contributed by atoms with E-state index >= 15 is 0 Å². The van der Waals surface area contributed by atoms with Crippen LogP contribution < -0.4 is 0 Å². The number of tetrazole rings is 1. The van der Waals surface area contributed by atoms with Gasteiger partial charge in [-0.1, -0.05) is 24.3 Å². The van der Waals surface area contributed by atoms with E-state index in [0.717, 1.165) is 0 Å². The molecule has 1 aromatic heterocycles. The van der Waals surface area contributed by atoms with Crippen LogP contribution in [0.25, 0.3) is 5.69 Å². The van der Waals surface area contributed by atoms with Gasteiger partial charge in [0.25, 0.3) is 5.91 Å². The van der Waals surface area contributed by atoms with E-state index in [4.69, 9.17) is 0 Å². The van der Waals surface area contributed by atoms with Gasteiger partial charge in [-0.25, -0.2) is 13.1 Å². The zero-order valence-electron chi connectivity index (χ0n) is 15.0. The Hall–Kier alpha value is -3.07. The lowest BCUT2D eigenvalue weighted by Crippen LogP contribution is -2.42. The lowest BCUT2D eigenvalue weighted by atomic mass is 10.1. The lowest BCUT2D eigenvalue weighted by molar-refractivity contribution is 0.0725. The van der Waals surface area contributed by atoms with Crippen molar-refractivity contribution in [3.63, 3.8) is 0 Å². The zero-order valence-corrected chi connectivity index (χ0v) is 15.9. The maximum Gasteiger partial charge on any atom is 0.253 e. The molecule has 0 aliphatic carbocycles. The number of sulfone groups is 1. The van der Waals surface area contributed by atoms with Crippen LogP contribution in [0.3, 0.4) is 0 Å². The molecule has 8 nitrogen and oxygen atoms in total. The van der Waals surface area contributed by atoms with Gasteiger partial charge >= 0.3 is 0 Å². The van der Waals surface area contributed by atoms with Gasteiger partial charge in [-0.3, -0.25) is 4.79 Å². The molecule has 1 aliphatic rings. The van der Waals surface area contributed by atoms with Gasteiger partial charge in [-0.2, -0.15) is 0 Å². The fraction of sp³-hybridized carbons (Fsp3) is 0.263. The van der Waals surface area contributed by atoms with E-state index in [9.17, 15) is 13.2 Å². The SMILES string of the molecule is O=C(c1cccc(-n2cnnn2)c1)N1CCC(S(=O)(=O)c2ccccc2)CC1. The molecule has 1 fully saturated rings. The highest BCUT2D eigenvalue weighted by atomic mass is 32.2. The second kappa shape index (κ2) is 7.51.